The highest BCUT2D eigenvalue weighted by molar-refractivity contribution is 5.68. The van der Waals surface area contributed by atoms with Crippen LogP contribution in [0.15, 0.2) is 12.5 Å². The van der Waals surface area contributed by atoms with Crippen molar-refractivity contribution < 1.29 is 9.53 Å². The van der Waals surface area contributed by atoms with Gasteiger partial charge in [-0.1, -0.05) is 13.8 Å². The molecule has 5 nitrogen and oxygen atoms in total. The van der Waals surface area contributed by atoms with E-state index in [0.717, 1.165) is 18.7 Å². The Morgan fingerprint density at radius 3 is 2.60 bits per heavy atom. The van der Waals surface area contributed by atoms with E-state index in [2.05, 4.69) is 28.7 Å². The van der Waals surface area contributed by atoms with E-state index in [-0.39, 0.29) is 6.04 Å². The molecule has 0 saturated heterocycles. The fraction of sp³-hybridized carbons (Fsp3) is 0.733. The summed E-state index contributed by atoms with van der Waals surface area (Å²) in [6, 6.07) is -0.125. The van der Waals surface area contributed by atoms with Crippen LogP contribution < -0.4 is 5.32 Å². The highest BCUT2D eigenvalue weighted by atomic mass is 16.6. The standard InChI is InChI=1S/C15H27N3O2/c1-11(2)7-8-18-10-16-9-13(18)12(3)17-14(19)20-15(4,5)6/h9-12H,7-8H2,1-6H3,(H,17,19)/t12-/m0/s1. The molecule has 114 valence electrons. The normalized spacial score (nSPS) is 13.3. The van der Waals surface area contributed by atoms with Gasteiger partial charge < -0.3 is 14.6 Å². The lowest BCUT2D eigenvalue weighted by Gasteiger charge is -2.22. The van der Waals surface area contributed by atoms with Crippen LogP contribution in [0.4, 0.5) is 4.79 Å². The number of nitrogens with zero attached hydrogens (tertiary/aromatic N) is 2. The Bertz CT molecular complexity index is 433. The molecule has 1 aromatic rings. The molecule has 0 aliphatic heterocycles. The first-order valence-electron chi connectivity index (χ1n) is 7.18. The summed E-state index contributed by atoms with van der Waals surface area (Å²) in [5.41, 5.74) is 0.512. The van der Waals surface area contributed by atoms with Crippen molar-refractivity contribution in [1.82, 2.24) is 14.9 Å². The molecular weight excluding hydrogens is 254 g/mol. The largest absolute Gasteiger partial charge is 0.444 e. The summed E-state index contributed by atoms with van der Waals surface area (Å²) in [6.45, 7) is 12.8. The van der Waals surface area contributed by atoms with Crippen molar-refractivity contribution in [3.8, 4) is 0 Å². The van der Waals surface area contributed by atoms with E-state index in [0.29, 0.717) is 5.92 Å². The molecule has 0 spiro atoms. The van der Waals surface area contributed by atoms with Gasteiger partial charge in [0.15, 0.2) is 0 Å². The minimum atomic E-state index is -0.484. The number of amides is 1. The average Bonchev–Trinajstić information content (AvgIpc) is 2.71. The molecule has 1 heterocycles. The maximum atomic E-state index is 11.8. The van der Waals surface area contributed by atoms with Gasteiger partial charge in [0.25, 0.3) is 0 Å². The van der Waals surface area contributed by atoms with Crippen molar-refractivity contribution in [2.75, 3.05) is 0 Å². The lowest BCUT2D eigenvalue weighted by molar-refractivity contribution is 0.0506. The average molecular weight is 281 g/mol. The molecule has 1 atom stereocenters. The summed E-state index contributed by atoms with van der Waals surface area (Å²) in [7, 11) is 0. The molecule has 0 bridgehead atoms. The zero-order valence-electron chi connectivity index (χ0n) is 13.4. The molecule has 5 heteroatoms. The Hall–Kier alpha value is -1.52. The lowest BCUT2D eigenvalue weighted by Crippen LogP contribution is -2.34. The van der Waals surface area contributed by atoms with Crippen LogP contribution in [0.1, 0.15) is 59.7 Å². The maximum Gasteiger partial charge on any atom is 0.408 e. The smallest absolute Gasteiger partial charge is 0.408 e. The number of hydrogen-bond acceptors (Lipinski definition) is 3. The van der Waals surface area contributed by atoms with Gasteiger partial charge in [-0.3, -0.25) is 0 Å². The number of ether oxygens (including phenoxy) is 1. The fourth-order valence-electron chi connectivity index (χ4n) is 1.83. The third-order valence-electron chi connectivity index (χ3n) is 2.87. The number of nitrogens with one attached hydrogen (secondary N) is 1. The van der Waals surface area contributed by atoms with Crippen LogP contribution in [0.2, 0.25) is 0 Å². The van der Waals surface area contributed by atoms with Gasteiger partial charge in [-0.15, -0.1) is 0 Å². The number of hydrogen-bond donors (Lipinski definition) is 1. The van der Waals surface area contributed by atoms with Crippen LogP contribution in [0.3, 0.4) is 0 Å². The molecule has 20 heavy (non-hydrogen) atoms. The first kappa shape index (κ1) is 16.5. The first-order valence-corrected chi connectivity index (χ1v) is 7.18. The molecule has 0 fully saturated rings. The topological polar surface area (TPSA) is 56.2 Å². The van der Waals surface area contributed by atoms with Crippen LogP contribution in [0.5, 0.6) is 0 Å². The third kappa shape index (κ3) is 5.63. The molecule has 1 N–H and O–H groups in total. The summed E-state index contributed by atoms with van der Waals surface area (Å²) >= 11 is 0. The van der Waals surface area contributed by atoms with Gasteiger partial charge in [-0.25, -0.2) is 9.78 Å². The van der Waals surface area contributed by atoms with Gasteiger partial charge in [0.05, 0.1) is 24.3 Å². The molecule has 0 aromatic carbocycles. The molecule has 1 amide bonds. The summed E-state index contributed by atoms with van der Waals surface area (Å²) in [4.78, 5) is 16.0. The maximum absolute atomic E-state index is 11.8. The van der Waals surface area contributed by atoms with Gasteiger partial charge in [0.1, 0.15) is 5.60 Å². The summed E-state index contributed by atoms with van der Waals surface area (Å²) in [6.07, 6.45) is 4.29. The molecule has 1 rings (SSSR count). The second kappa shape index (κ2) is 6.77. The number of rotatable bonds is 5. The van der Waals surface area contributed by atoms with E-state index >= 15 is 0 Å². The molecule has 0 radical (unpaired) electrons. The predicted octanol–water partition coefficient (Wildman–Crippen LogP) is 3.51. The van der Waals surface area contributed by atoms with Crippen molar-refractivity contribution in [3.63, 3.8) is 0 Å². The highest BCUT2D eigenvalue weighted by Gasteiger charge is 2.19. The summed E-state index contributed by atoms with van der Waals surface area (Å²) < 4.78 is 7.35. The summed E-state index contributed by atoms with van der Waals surface area (Å²) in [5, 5.41) is 2.84. The molecule has 0 aliphatic rings. The quantitative estimate of drug-likeness (QED) is 0.898. The van der Waals surface area contributed by atoms with E-state index < -0.39 is 11.7 Å². The van der Waals surface area contributed by atoms with Gasteiger partial charge in [0.2, 0.25) is 0 Å². The number of carbonyl (C=O) groups is 1. The van der Waals surface area contributed by atoms with Gasteiger partial charge in [-0.2, -0.15) is 0 Å². The van der Waals surface area contributed by atoms with Gasteiger partial charge in [0, 0.05) is 6.54 Å². The monoisotopic (exact) mass is 281 g/mol. The van der Waals surface area contributed by atoms with Crippen molar-refractivity contribution in [3.05, 3.63) is 18.2 Å². The Kier molecular flexibility index (Phi) is 5.60. The van der Waals surface area contributed by atoms with Crippen molar-refractivity contribution in [2.45, 2.75) is 66.2 Å². The molecule has 0 saturated carbocycles. The highest BCUT2D eigenvalue weighted by Crippen LogP contribution is 2.15. The third-order valence-corrected chi connectivity index (χ3v) is 2.87. The molecule has 0 unspecified atom stereocenters. The molecule has 1 aromatic heterocycles. The Morgan fingerprint density at radius 1 is 1.40 bits per heavy atom. The lowest BCUT2D eigenvalue weighted by atomic mass is 10.1. The van der Waals surface area contributed by atoms with E-state index in [1.165, 1.54) is 0 Å². The van der Waals surface area contributed by atoms with Crippen molar-refractivity contribution >= 4 is 6.09 Å². The Morgan fingerprint density at radius 2 is 2.05 bits per heavy atom. The Balaban J connectivity index is 2.61. The van der Waals surface area contributed by atoms with E-state index in [1.807, 2.05) is 34.0 Å². The zero-order valence-corrected chi connectivity index (χ0v) is 13.4. The second-order valence-electron chi connectivity index (χ2n) is 6.56. The number of carbonyl (C=O) groups excluding carboxylic acids is 1. The predicted molar refractivity (Wildman–Crippen MR) is 79.5 cm³/mol. The van der Waals surface area contributed by atoms with Gasteiger partial charge in [-0.05, 0) is 40.0 Å². The minimum absolute atomic E-state index is 0.125. The van der Waals surface area contributed by atoms with E-state index in [4.69, 9.17) is 4.74 Å². The van der Waals surface area contributed by atoms with E-state index in [9.17, 15) is 4.79 Å². The van der Waals surface area contributed by atoms with E-state index in [1.54, 1.807) is 6.20 Å². The summed E-state index contributed by atoms with van der Waals surface area (Å²) in [5.74, 6) is 0.638. The first-order chi connectivity index (χ1) is 9.19. The van der Waals surface area contributed by atoms with Crippen molar-refractivity contribution in [2.24, 2.45) is 5.92 Å². The SMILES string of the molecule is CC(C)CCn1cncc1[C@H](C)NC(=O)OC(C)(C)C. The van der Waals surface area contributed by atoms with Crippen LogP contribution >= 0.6 is 0 Å². The van der Waals surface area contributed by atoms with Gasteiger partial charge >= 0.3 is 6.09 Å². The second-order valence-corrected chi connectivity index (χ2v) is 6.56. The minimum Gasteiger partial charge on any atom is -0.444 e. The number of aromatic nitrogens is 2. The number of alkyl carbamates (subject to hydrolysis) is 1. The van der Waals surface area contributed by atoms with Crippen LogP contribution in [-0.4, -0.2) is 21.2 Å². The Labute approximate surface area is 121 Å². The van der Waals surface area contributed by atoms with Crippen molar-refractivity contribution in [1.29, 1.82) is 0 Å². The van der Waals surface area contributed by atoms with Crippen LogP contribution in [0.25, 0.3) is 0 Å². The zero-order chi connectivity index (χ0) is 15.3. The molecular formula is C15H27N3O2. The number of imidazole rings is 1. The van der Waals surface area contributed by atoms with Crippen LogP contribution in [0, 0.1) is 5.92 Å². The number of aryl methyl sites for hydroxylation is 1. The fourth-order valence-corrected chi connectivity index (χ4v) is 1.83. The molecule has 0 aliphatic carbocycles. The van der Waals surface area contributed by atoms with Crippen LogP contribution in [-0.2, 0) is 11.3 Å².